The molecule has 6 nitrogen and oxygen atoms in total. The molecule has 0 atom stereocenters. The maximum absolute atomic E-state index is 13.8. The Labute approximate surface area is 356 Å². The molecule has 0 fully saturated rings. The molecule has 0 heterocycles. The predicted octanol–water partition coefficient (Wildman–Crippen LogP) is 8.89. The van der Waals surface area contributed by atoms with Crippen molar-refractivity contribution in [2.75, 3.05) is 42.3 Å². The molecule has 0 aliphatic rings. The number of hydrogen-bond acceptors (Lipinski definition) is 3. The summed E-state index contributed by atoms with van der Waals surface area (Å²) in [4.78, 5) is 0. The second kappa shape index (κ2) is 20.7. The maximum atomic E-state index is 13.8. The molecule has 6 aromatic rings. The zero-order chi connectivity index (χ0) is 48.8. The largest absolute Gasteiger partial charge is 0.907 e. The van der Waals surface area contributed by atoms with Crippen molar-refractivity contribution in [1.82, 2.24) is 13.4 Å². The standard InChI is InChI=1S/3C14H11F5N.BO3/c3*1-20(2,8-6-4-3-5-7-8)14-12(18)10(16)9(15)11(17)13(14)19;2-1(3)4/h3*3-7H,1-2H3;/q3*+1;-3. The van der Waals surface area contributed by atoms with Gasteiger partial charge in [0.25, 0.3) is 0 Å². The molecule has 0 amide bonds. The Morgan fingerprint density at radius 1 is 0.266 bits per heavy atom. The molecule has 0 aliphatic heterocycles. The first-order chi connectivity index (χ1) is 29.6. The molecule has 342 valence electrons. The van der Waals surface area contributed by atoms with Gasteiger partial charge in [-0.1, -0.05) is 54.6 Å². The number of para-hydroxylation sites is 3. The minimum atomic E-state index is -2.92. The number of benzene rings is 6. The molecule has 0 bridgehead atoms. The highest BCUT2D eigenvalue weighted by Gasteiger charge is 2.40. The van der Waals surface area contributed by atoms with Gasteiger partial charge in [-0.3, -0.25) is 20.8 Å². The molecule has 0 N–H and O–H groups in total. The van der Waals surface area contributed by atoms with Gasteiger partial charge in [-0.15, -0.1) is 0 Å². The lowest BCUT2D eigenvalue weighted by Crippen LogP contribution is -2.56. The number of rotatable bonds is 6. The smallest absolute Gasteiger partial charge is 0.226 e. The first kappa shape index (κ1) is 52.4. The fraction of sp³-hybridized carbons (Fsp3) is 0.143. The van der Waals surface area contributed by atoms with E-state index >= 15 is 0 Å². The Morgan fingerprint density at radius 3 is 0.531 bits per heavy atom. The minimum Gasteiger partial charge on any atom is -0.907 e. The SMILES string of the molecule is C[N+](C)(c1ccccc1)c1c(F)c(F)c(F)c(F)c1F.C[N+](C)(c1ccccc1)c1c(F)c(F)c(F)c(F)c1F.C[N+](C)(c1ccccc1)c1c(F)c(F)c(F)c(F)c1F.[O-]B([O-])[O-]. The van der Waals surface area contributed by atoms with Gasteiger partial charge in [0.15, 0.2) is 0 Å². The quantitative estimate of drug-likeness (QED) is 0.0552. The molecule has 6 aromatic carbocycles. The number of nitrogens with zero attached hydrogens (tertiary/aromatic N) is 3. The predicted molar refractivity (Wildman–Crippen MR) is 204 cm³/mol. The first-order valence-electron chi connectivity index (χ1n) is 17.8. The summed E-state index contributed by atoms with van der Waals surface area (Å²) in [6.07, 6.45) is 0. The lowest BCUT2D eigenvalue weighted by Gasteiger charge is -2.35. The van der Waals surface area contributed by atoms with Crippen molar-refractivity contribution in [3.63, 3.8) is 0 Å². The lowest BCUT2D eigenvalue weighted by molar-refractivity contribution is -0.479. The van der Waals surface area contributed by atoms with Crippen molar-refractivity contribution in [1.29, 1.82) is 0 Å². The van der Waals surface area contributed by atoms with Crippen molar-refractivity contribution >= 4 is 41.4 Å². The Hall–Kier alpha value is -5.91. The summed E-state index contributed by atoms with van der Waals surface area (Å²) in [7, 11) is 5.13. The summed E-state index contributed by atoms with van der Waals surface area (Å²) in [5, 5.41) is 25.2. The fourth-order valence-electron chi connectivity index (χ4n) is 6.04. The van der Waals surface area contributed by atoms with Crippen molar-refractivity contribution in [2.24, 2.45) is 0 Å². The van der Waals surface area contributed by atoms with Crippen LogP contribution in [0.15, 0.2) is 91.0 Å². The summed E-state index contributed by atoms with van der Waals surface area (Å²) in [5.41, 5.74) is -1.53. The zero-order valence-electron chi connectivity index (χ0n) is 34.0. The van der Waals surface area contributed by atoms with Gasteiger partial charge in [0.2, 0.25) is 104 Å². The Morgan fingerprint density at radius 2 is 0.391 bits per heavy atom. The Balaban J connectivity index is 0.000000244. The number of quaternary nitrogens is 3. The minimum absolute atomic E-state index is 0.385. The third kappa shape index (κ3) is 10.7. The lowest BCUT2D eigenvalue weighted by atomic mass is 10.1. The topological polar surface area (TPSA) is 69.2 Å². The van der Waals surface area contributed by atoms with Crippen LogP contribution < -0.4 is 28.5 Å². The van der Waals surface area contributed by atoms with Crippen molar-refractivity contribution in [3.8, 4) is 0 Å². The van der Waals surface area contributed by atoms with Gasteiger partial charge >= 0.3 is 0 Å². The van der Waals surface area contributed by atoms with E-state index in [1.807, 2.05) is 0 Å². The van der Waals surface area contributed by atoms with Crippen LogP contribution in [0, 0.1) is 87.3 Å². The van der Waals surface area contributed by atoms with Crippen molar-refractivity contribution in [2.45, 2.75) is 0 Å². The molecule has 64 heavy (non-hydrogen) atoms. The van der Waals surface area contributed by atoms with Crippen LogP contribution in [0.25, 0.3) is 0 Å². The normalized spacial score (nSPS) is 11.4. The van der Waals surface area contributed by atoms with Crippen molar-refractivity contribution in [3.05, 3.63) is 178 Å². The third-order valence-corrected chi connectivity index (χ3v) is 9.44. The van der Waals surface area contributed by atoms with E-state index in [4.69, 9.17) is 15.1 Å². The molecule has 0 saturated carbocycles. The van der Waals surface area contributed by atoms with E-state index in [1.54, 1.807) is 54.6 Å². The fourth-order valence-corrected chi connectivity index (χ4v) is 6.04. The molecule has 0 radical (unpaired) electrons. The van der Waals surface area contributed by atoms with Crippen LogP contribution >= 0.6 is 0 Å². The van der Waals surface area contributed by atoms with E-state index in [-0.39, 0.29) is 0 Å². The summed E-state index contributed by atoms with van der Waals surface area (Å²) < 4.78 is 200. The molecule has 22 heteroatoms. The monoisotopic (exact) mass is 923 g/mol. The Bertz CT molecular complexity index is 2220. The van der Waals surface area contributed by atoms with E-state index in [1.165, 1.54) is 78.7 Å². The van der Waals surface area contributed by atoms with Crippen LogP contribution in [0.5, 0.6) is 0 Å². The average Bonchev–Trinajstić information content (AvgIpc) is 3.26. The molecule has 6 rings (SSSR count). The van der Waals surface area contributed by atoms with E-state index in [2.05, 4.69) is 0 Å². The van der Waals surface area contributed by atoms with Gasteiger partial charge in [0.1, 0.15) is 17.1 Å². The molecule has 0 spiro atoms. The van der Waals surface area contributed by atoms with Crippen molar-refractivity contribution < 1.29 is 80.9 Å². The highest BCUT2D eigenvalue weighted by Crippen LogP contribution is 2.40. The van der Waals surface area contributed by atoms with Gasteiger partial charge < -0.3 is 15.1 Å². The van der Waals surface area contributed by atoms with Crippen LogP contribution in [-0.4, -0.2) is 49.6 Å². The molecular weight excluding hydrogens is 890 g/mol. The number of hydrogen-bond donors (Lipinski definition) is 0. The van der Waals surface area contributed by atoms with Gasteiger partial charge in [0, 0.05) is 0 Å². The maximum Gasteiger partial charge on any atom is 0.226 e. The summed E-state index contributed by atoms with van der Waals surface area (Å²) in [6.45, 7) is 0. The van der Waals surface area contributed by atoms with Crippen LogP contribution in [0.1, 0.15) is 0 Å². The van der Waals surface area contributed by atoms with Gasteiger partial charge in [-0.05, 0) is 36.4 Å². The third-order valence-electron chi connectivity index (χ3n) is 9.44. The van der Waals surface area contributed by atoms with E-state index in [9.17, 15) is 65.9 Å². The average molecular weight is 924 g/mol. The summed E-state index contributed by atoms with van der Waals surface area (Å²) in [5.74, 6) is -29.1. The van der Waals surface area contributed by atoms with E-state index in [0.29, 0.717) is 17.1 Å². The molecule has 0 aliphatic carbocycles. The van der Waals surface area contributed by atoms with E-state index < -0.39 is 125 Å². The molecule has 0 saturated heterocycles. The molecular formula is C42H33BF15N3O3. The van der Waals surface area contributed by atoms with Crippen LogP contribution in [-0.2, 0) is 0 Å². The molecule has 0 aromatic heterocycles. The van der Waals surface area contributed by atoms with Crippen LogP contribution in [0.3, 0.4) is 0 Å². The van der Waals surface area contributed by atoms with Gasteiger partial charge in [-0.25, -0.2) is 39.5 Å². The van der Waals surface area contributed by atoms with Crippen LogP contribution in [0.4, 0.5) is 100.0 Å². The summed E-state index contributed by atoms with van der Waals surface area (Å²) in [6, 6.07) is 24.0. The second-order valence-corrected chi connectivity index (χ2v) is 14.4. The number of halogens is 15. The van der Waals surface area contributed by atoms with Gasteiger partial charge in [-0.2, -0.15) is 26.3 Å². The first-order valence-corrected chi connectivity index (χ1v) is 17.8. The summed E-state index contributed by atoms with van der Waals surface area (Å²) >= 11 is 0. The van der Waals surface area contributed by atoms with E-state index in [0.717, 1.165) is 0 Å². The zero-order valence-corrected chi connectivity index (χ0v) is 34.0. The Kier molecular flexibility index (Phi) is 17.0. The highest BCUT2D eigenvalue weighted by molar-refractivity contribution is 6.24. The van der Waals surface area contributed by atoms with Gasteiger partial charge in [0.05, 0.1) is 42.3 Å². The van der Waals surface area contributed by atoms with Crippen LogP contribution in [0.2, 0.25) is 0 Å². The molecule has 0 unspecified atom stereocenters. The second-order valence-electron chi connectivity index (χ2n) is 14.4. The highest BCUT2D eigenvalue weighted by atomic mass is 19.2.